The fraction of sp³-hybridized carbons (Fsp3) is 0.464. The fourth-order valence-corrected chi connectivity index (χ4v) is 5.07. The van der Waals surface area contributed by atoms with Crippen molar-refractivity contribution in [3.05, 3.63) is 53.5 Å². The number of anilines is 2. The van der Waals surface area contributed by atoms with Crippen LogP contribution in [-0.2, 0) is 17.9 Å². The van der Waals surface area contributed by atoms with E-state index in [-0.39, 0.29) is 23.9 Å². The molecule has 0 spiro atoms. The summed E-state index contributed by atoms with van der Waals surface area (Å²) in [5.41, 5.74) is 2.31. The average Bonchev–Trinajstić information content (AvgIpc) is 3.23. The van der Waals surface area contributed by atoms with E-state index in [0.717, 1.165) is 27.8 Å². The molecule has 1 fully saturated rings. The van der Waals surface area contributed by atoms with Crippen LogP contribution in [0, 0.1) is 0 Å². The lowest BCUT2D eigenvalue weighted by atomic mass is 10.1. The largest absolute Gasteiger partial charge is 0.348 e. The van der Waals surface area contributed by atoms with Crippen molar-refractivity contribution in [3.8, 4) is 0 Å². The van der Waals surface area contributed by atoms with Gasteiger partial charge in [0, 0.05) is 62.3 Å². The lowest BCUT2D eigenvalue weighted by Crippen LogP contribution is -2.48. The Morgan fingerprint density at radius 3 is 2.38 bits per heavy atom. The Morgan fingerprint density at radius 1 is 1.03 bits per heavy atom. The summed E-state index contributed by atoms with van der Waals surface area (Å²) in [5, 5.41) is 2.25. The minimum atomic E-state index is -0.0511. The molecule has 5 rings (SSSR count). The van der Waals surface area contributed by atoms with Gasteiger partial charge in [0.1, 0.15) is 11.5 Å². The van der Waals surface area contributed by atoms with E-state index in [9.17, 15) is 9.59 Å². The molecule has 2 aliphatic heterocycles. The summed E-state index contributed by atoms with van der Waals surface area (Å²) in [7, 11) is 0. The SMILES string of the molecule is CC(=O)N1CCN(c2nc3c(c(N(Cc4cc5ccccc5cn4)C(C)C)n2)CN(C(C)C)C3=O)CC1. The highest BCUT2D eigenvalue weighted by Gasteiger charge is 2.37. The van der Waals surface area contributed by atoms with Crippen molar-refractivity contribution >= 4 is 34.4 Å². The summed E-state index contributed by atoms with van der Waals surface area (Å²) >= 11 is 0. The fourth-order valence-electron chi connectivity index (χ4n) is 5.07. The van der Waals surface area contributed by atoms with Crippen molar-refractivity contribution < 1.29 is 9.59 Å². The standard InChI is InChI=1S/C28H35N7O2/c1-18(2)34(16-23-14-21-8-6-7-9-22(21)15-29-23)26-24-17-35(19(3)4)27(37)25(24)30-28(31-26)33-12-10-32(11-13-33)20(5)36/h6-9,14-15,18-19H,10-13,16-17H2,1-5H3. The third-order valence-corrected chi connectivity index (χ3v) is 7.31. The molecular weight excluding hydrogens is 466 g/mol. The molecule has 0 radical (unpaired) electrons. The third kappa shape index (κ3) is 4.82. The lowest BCUT2D eigenvalue weighted by Gasteiger charge is -2.35. The lowest BCUT2D eigenvalue weighted by molar-refractivity contribution is -0.129. The highest BCUT2D eigenvalue weighted by atomic mass is 16.2. The molecule has 194 valence electrons. The third-order valence-electron chi connectivity index (χ3n) is 7.31. The zero-order chi connectivity index (χ0) is 26.3. The Balaban J connectivity index is 1.54. The number of piperazine rings is 1. The Bertz CT molecular complexity index is 1330. The molecular formula is C28H35N7O2. The van der Waals surface area contributed by atoms with Gasteiger partial charge in [-0.1, -0.05) is 24.3 Å². The summed E-state index contributed by atoms with van der Waals surface area (Å²) < 4.78 is 0. The number of rotatable bonds is 6. The molecule has 0 aliphatic carbocycles. The maximum Gasteiger partial charge on any atom is 0.273 e. The Labute approximate surface area is 218 Å². The monoisotopic (exact) mass is 501 g/mol. The Kier molecular flexibility index (Phi) is 6.70. The van der Waals surface area contributed by atoms with E-state index < -0.39 is 0 Å². The number of carbonyl (C=O) groups is 2. The van der Waals surface area contributed by atoms with Crippen LogP contribution in [-0.4, -0.2) is 74.8 Å². The molecule has 0 N–H and O–H groups in total. The number of aromatic nitrogens is 3. The summed E-state index contributed by atoms with van der Waals surface area (Å²) in [6.07, 6.45) is 1.91. The minimum absolute atomic E-state index is 0.0511. The summed E-state index contributed by atoms with van der Waals surface area (Å²) in [6.45, 7) is 13.5. The molecule has 4 heterocycles. The molecule has 37 heavy (non-hydrogen) atoms. The number of benzene rings is 1. The van der Waals surface area contributed by atoms with Gasteiger partial charge in [-0.05, 0) is 39.1 Å². The maximum absolute atomic E-state index is 13.4. The molecule has 1 aromatic carbocycles. The number of fused-ring (bicyclic) bond motifs is 2. The van der Waals surface area contributed by atoms with Gasteiger partial charge in [0.25, 0.3) is 5.91 Å². The minimum Gasteiger partial charge on any atom is -0.348 e. The molecule has 2 amide bonds. The van der Waals surface area contributed by atoms with Crippen LogP contribution in [0.5, 0.6) is 0 Å². The predicted molar refractivity (Wildman–Crippen MR) is 145 cm³/mol. The molecule has 2 aliphatic rings. The molecule has 9 heteroatoms. The smallest absolute Gasteiger partial charge is 0.273 e. The van der Waals surface area contributed by atoms with E-state index in [2.05, 4.69) is 41.8 Å². The van der Waals surface area contributed by atoms with Gasteiger partial charge >= 0.3 is 0 Å². The van der Waals surface area contributed by atoms with Crippen LogP contribution >= 0.6 is 0 Å². The first-order chi connectivity index (χ1) is 17.7. The second kappa shape index (κ2) is 9.95. The topological polar surface area (TPSA) is 85.8 Å². The first-order valence-electron chi connectivity index (χ1n) is 13.1. The molecule has 1 saturated heterocycles. The van der Waals surface area contributed by atoms with Gasteiger partial charge in [-0.3, -0.25) is 14.6 Å². The van der Waals surface area contributed by atoms with Crippen LogP contribution in [0.2, 0.25) is 0 Å². The Hall–Kier alpha value is -3.75. The van der Waals surface area contributed by atoms with Crippen LogP contribution < -0.4 is 9.80 Å². The van der Waals surface area contributed by atoms with Gasteiger partial charge in [0.2, 0.25) is 11.9 Å². The van der Waals surface area contributed by atoms with Crippen molar-refractivity contribution in [3.63, 3.8) is 0 Å². The average molecular weight is 502 g/mol. The zero-order valence-corrected chi connectivity index (χ0v) is 22.3. The van der Waals surface area contributed by atoms with Crippen LogP contribution in [0.1, 0.15) is 56.4 Å². The van der Waals surface area contributed by atoms with Crippen molar-refractivity contribution in [2.75, 3.05) is 36.0 Å². The highest BCUT2D eigenvalue weighted by Crippen LogP contribution is 2.34. The van der Waals surface area contributed by atoms with Crippen molar-refractivity contribution in [2.24, 2.45) is 0 Å². The van der Waals surface area contributed by atoms with Gasteiger partial charge in [-0.2, -0.15) is 4.98 Å². The van der Waals surface area contributed by atoms with Gasteiger partial charge in [-0.25, -0.2) is 4.98 Å². The molecule has 2 aromatic heterocycles. The van der Waals surface area contributed by atoms with E-state index in [0.29, 0.717) is 50.9 Å². The van der Waals surface area contributed by atoms with Gasteiger partial charge in [-0.15, -0.1) is 0 Å². The highest BCUT2D eigenvalue weighted by molar-refractivity contribution is 5.98. The van der Waals surface area contributed by atoms with Crippen LogP contribution in [0.4, 0.5) is 11.8 Å². The number of nitrogens with zero attached hydrogens (tertiary/aromatic N) is 7. The first-order valence-corrected chi connectivity index (χ1v) is 13.1. The van der Waals surface area contributed by atoms with Gasteiger partial charge < -0.3 is 19.6 Å². The van der Waals surface area contributed by atoms with Crippen LogP contribution in [0.15, 0.2) is 36.5 Å². The van der Waals surface area contributed by atoms with Crippen LogP contribution in [0.25, 0.3) is 10.8 Å². The van der Waals surface area contributed by atoms with E-state index in [1.165, 1.54) is 0 Å². The van der Waals surface area contributed by atoms with E-state index in [4.69, 9.17) is 15.0 Å². The summed E-state index contributed by atoms with van der Waals surface area (Å²) in [5.74, 6) is 1.36. The van der Waals surface area contributed by atoms with Crippen molar-refractivity contribution in [1.29, 1.82) is 0 Å². The molecule has 3 aromatic rings. The number of carbonyl (C=O) groups excluding carboxylic acids is 2. The summed E-state index contributed by atoms with van der Waals surface area (Å²) in [4.78, 5) is 47.8. The van der Waals surface area contributed by atoms with Gasteiger partial charge in [0.05, 0.1) is 18.8 Å². The Morgan fingerprint density at radius 2 is 1.73 bits per heavy atom. The quantitative estimate of drug-likeness (QED) is 0.511. The number of amides is 2. The van der Waals surface area contributed by atoms with Gasteiger partial charge in [0.15, 0.2) is 0 Å². The number of pyridine rings is 1. The van der Waals surface area contributed by atoms with E-state index in [1.54, 1.807) is 6.92 Å². The normalized spacial score (nSPS) is 15.8. The summed E-state index contributed by atoms with van der Waals surface area (Å²) in [6, 6.07) is 10.5. The van der Waals surface area contributed by atoms with E-state index >= 15 is 0 Å². The first kappa shape index (κ1) is 24.9. The van der Waals surface area contributed by atoms with Crippen LogP contribution in [0.3, 0.4) is 0 Å². The second-order valence-electron chi connectivity index (χ2n) is 10.4. The molecule has 0 bridgehead atoms. The second-order valence-corrected chi connectivity index (χ2v) is 10.4. The predicted octanol–water partition coefficient (Wildman–Crippen LogP) is 3.47. The molecule has 9 nitrogen and oxygen atoms in total. The van der Waals surface area contributed by atoms with E-state index in [1.807, 2.05) is 42.0 Å². The molecule has 0 saturated carbocycles. The molecule has 0 unspecified atom stereocenters. The zero-order valence-electron chi connectivity index (χ0n) is 22.3. The molecule has 0 atom stereocenters. The number of hydrogen-bond donors (Lipinski definition) is 0. The number of hydrogen-bond acceptors (Lipinski definition) is 7. The van der Waals surface area contributed by atoms with Crippen molar-refractivity contribution in [1.82, 2.24) is 24.8 Å². The maximum atomic E-state index is 13.4. The van der Waals surface area contributed by atoms with Crippen molar-refractivity contribution in [2.45, 2.75) is 59.8 Å².